The van der Waals surface area contributed by atoms with Crippen molar-refractivity contribution >= 4 is 33.1 Å². The molecule has 0 unspecified atom stereocenters. The van der Waals surface area contributed by atoms with Crippen molar-refractivity contribution in [2.45, 2.75) is 37.5 Å². The van der Waals surface area contributed by atoms with E-state index in [0.717, 1.165) is 5.69 Å². The maximum absolute atomic E-state index is 12.2. The first-order valence-electron chi connectivity index (χ1n) is 8.45. The second-order valence-electron chi connectivity index (χ2n) is 6.46. The van der Waals surface area contributed by atoms with Gasteiger partial charge in [0, 0.05) is 18.5 Å². The Kier molecular flexibility index (Phi) is 5.08. The van der Waals surface area contributed by atoms with E-state index in [1.165, 1.54) is 11.6 Å². The number of amides is 1. The number of benzene rings is 2. The van der Waals surface area contributed by atoms with Gasteiger partial charge < -0.3 is 10.6 Å². The molecule has 26 heavy (non-hydrogen) atoms. The molecule has 1 aliphatic rings. The van der Waals surface area contributed by atoms with Gasteiger partial charge >= 0.3 is 0 Å². The summed E-state index contributed by atoms with van der Waals surface area (Å²) in [5.41, 5.74) is 2.41. The average molecular weight is 371 g/mol. The summed E-state index contributed by atoms with van der Waals surface area (Å²) in [7, 11) is -3.72. The lowest BCUT2D eigenvalue weighted by atomic mass is 10.0. The predicted molar refractivity (Wildman–Crippen MR) is 103 cm³/mol. The molecule has 7 heteroatoms. The number of amidine groups is 1. The van der Waals surface area contributed by atoms with Crippen LogP contribution >= 0.6 is 0 Å². The maximum Gasteiger partial charge on any atom is 0.286 e. The van der Waals surface area contributed by atoms with Crippen molar-refractivity contribution in [3.8, 4) is 0 Å². The molecule has 0 saturated heterocycles. The normalized spacial score (nSPS) is 15.0. The van der Waals surface area contributed by atoms with Gasteiger partial charge in [-0.3, -0.25) is 4.79 Å². The summed E-state index contributed by atoms with van der Waals surface area (Å²) in [5.74, 6) is 0.511. The molecule has 1 aliphatic heterocycles. The van der Waals surface area contributed by atoms with Crippen LogP contribution in [0.4, 0.5) is 11.4 Å². The van der Waals surface area contributed by atoms with Crippen LogP contribution in [0.1, 0.15) is 38.2 Å². The van der Waals surface area contributed by atoms with Crippen LogP contribution in [0.25, 0.3) is 0 Å². The van der Waals surface area contributed by atoms with Crippen molar-refractivity contribution in [1.82, 2.24) is 0 Å². The van der Waals surface area contributed by atoms with Gasteiger partial charge in [0.25, 0.3) is 10.0 Å². The van der Waals surface area contributed by atoms with Gasteiger partial charge in [-0.15, -0.1) is 4.40 Å². The lowest BCUT2D eigenvalue weighted by Crippen LogP contribution is -2.23. The average Bonchev–Trinajstić information content (AvgIpc) is 2.60. The van der Waals surface area contributed by atoms with E-state index in [1.807, 2.05) is 24.3 Å². The molecule has 0 fully saturated rings. The van der Waals surface area contributed by atoms with Crippen molar-refractivity contribution in [3.63, 3.8) is 0 Å². The Bertz CT molecular complexity index is 948. The molecule has 1 heterocycles. The molecule has 1 amide bonds. The number of hydrogen-bond acceptors (Lipinski definition) is 4. The second-order valence-corrected chi connectivity index (χ2v) is 8.03. The first-order chi connectivity index (χ1) is 12.3. The second kappa shape index (κ2) is 7.29. The molecule has 0 radical (unpaired) electrons. The van der Waals surface area contributed by atoms with Crippen LogP contribution in [-0.2, 0) is 14.8 Å². The van der Waals surface area contributed by atoms with Gasteiger partial charge in [-0.05, 0) is 35.7 Å². The highest BCUT2D eigenvalue weighted by Gasteiger charge is 2.24. The Hall–Kier alpha value is -2.67. The zero-order valence-electron chi connectivity index (χ0n) is 14.7. The summed E-state index contributed by atoms with van der Waals surface area (Å²) < 4.78 is 28.1. The quantitative estimate of drug-likeness (QED) is 0.838. The third-order valence-electron chi connectivity index (χ3n) is 4.12. The van der Waals surface area contributed by atoms with Crippen LogP contribution in [0, 0.1) is 0 Å². The van der Waals surface area contributed by atoms with Crippen LogP contribution in [-0.4, -0.2) is 20.2 Å². The summed E-state index contributed by atoms with van der Waals surface area (Å²) in [4.78, 5) is 12.3. The minimum absolute atomic E-state index is 0.134. The Balaban J connectivity index is 1.61. The molecule has 6 nitrogen and oxygen atoms in total. The molecule has 136 valence electrons. The van der Waals surface area contributed by atoms with E-state index in [4.69, 9.17) is 0 Å². The molecule has 0 atom stereocenters. The number of sulfonamides is 1. The summed E-state index contributed by atoms with van der Waals surface area (Å²) >= 11 is 0. The smallest absolute Gasteiger partial charge is 0.286 e. The molecule has 2 N–H and O–H groups in total. The molecule has 0 spiro atoms. The van der Waals surface area contributed by atoms with Crippen molar-refractivity contribution < 1.29 is 13.2 Å². The number of carbonyl (C=O) groups excluding carboxylic acids is 1. The summed E-state index contributed by atoms with van der Waals surface area (Å²) in [6.07, 6.45) is 0.346. The Morgan fingerprint density at radius 3 is 2.50 bits per heavy atom. The number of nitrogens with one attached hydrogen (secondary N) is 2. The molecule has 0 saturated carbocycles. The molecule has 0 aliphatic carbocycles. The van der Waals surface area contributed by atoms with E-state index >= 15 is 0 Å². The third kappa shape index (κ3) is 4.11. The Morgan fingerprint density at radius 2 is 1.81 bits per heavy atom. The van der Waals surface area contributed by atoms with Crippen LogP contribution in [0.2, 0.25) is 0 Å². The van der Waals surface area contributed by atoms with E-state index in [0.29, 0.717) is 11.6 Å². The molecule has 0 aromatic heterocycles. The van der Waals surface area contributed by atoms with Gasteiger partial charge in [-0.25, -0.2) is 0 Å². The molecule has 0 bridgehead atoms. The zero-order chi connectivity index (χ0) is 18.7. The van der Waals surface area contributed by atoms with Crippen LogP contribution < -0.4 is 10.6 Å². The van der Waals surface area contributed by atoms with E-state index in [9.17, 15) is 13.2 Å². The van der Waals surface area contributed by atoms with Crippen molar-refractivity contribution in [3.05, 3.63) is 54.1 Å². The van der Waals surface area contributed by atoms with Crippen LogP contribution in [0.3, 0.4) is 0 Å². The highest BCUT2D eigenvalue weighted by molar-refractivity contribution is 7.90. The highest BCUT2D eigenvalue weighted by atomic mass is 32.2. The maximum atomic E-state index is 12.2. The van der Waals surface area contributed by atoms with Crippen LogP contribution in [0.15, 0.2) is 57.8 Å². The first kappa shape index (κ1) is 18.1. The van der Waals surface area contributed by atoms with Gasteiger partial charge in [0.05, 0.1) is 5.69 Å². The lowest BCUT2D eigenvalue weighted by Gasteiger charge is -2.17. The summed E-state index contributed by atoms with van der Waals surface area (Å²) in [6.45, 7) is 4.22. The highest BCUT2D eigenvalue weighted by Crippen LogP contribution is 2.27. The zero-order valence-corrected chi connectivity index (χ0v) is 15.5. The molecule has 3 rings (SSSR count). The number of anilines is 2. The van der Waals surface area contributed by atoms with E-state index in [-0.39, 0.29) is 29.5 Å². The summed E-state index contributed by atoms with van der Waals surface area (Å²) in [5, 5.41) is 5.80. The number of hydrogen-bond donors (Lipinski definition) is 2. The topological polar surface area (TPSA) is 87.6 Å². The fourth-order valence-electron chi connectivity index (χ4n) is 2.68. The monoisotopic (exact) mass is 371 g/mol. The third-order valence-corrected chi connectivity index (χ3v) is 5.50. The molecular weight excluding hydrogens is 350 g/mol. The van der Waals surface area contributed by atoms with Gasteiger partial charge in [0.2, 0.25) is 5.91 Å². The van der Waals surface area contributed by atoms with E-state index in [2.05, 4.69) is 28.9 Å². The molecule has 2 aromatic rings. The number of para-hydroxylation sites is 1. The van der Waals surface area contributed by atoms with E-state index in [1.54, 1.807) is 18.2 Å². The number of rotatable bonds is 5. The Labute approximate surface area is 153 Å². The van der Waals surface area contributed by atoms with Crippen molar-refractivity contribution in [2.75, 3.05) is 10.6 Å². The van der Waals surface area contributed by atoms with Crippen LogP contribution in [0.5, 0.6) is 0 Å². The molecule has 2 aromatic carbocycles. The van der Waals surface area contributed by atoms with Gasteiger partial charge in [0.15, 0.2) is 0 Å². The molecular formula is C19H21N3O3S. The number of fused-ring (bicyclic) bond motifs is 1. The number of carbonyl (C=O) groups is 1. The standard InChI is InChI=1S/C19H21N3O3S/c1-13(2)14-7-9-15(10-8-14)20-19(23)12-11-18-21-16-5-3-4-6-17(16)26(24,25)22-18/h3-10,13H,11-12H2,1-2H3,(H,20,23)(H,21,22). The van der Waals surface area contributed by atoms with Crippen molar-refractivity contribution in [1.29, 1.82) is 0 Å². The summed E-state index contributed by atoms with van der Waals surface area (Å²) in [6, 6.07) is 14.3. The van der Waals surface area contributed by atoms with E-state index < -0.39 is 10.0 Å². The van der Waals surface area contributed by atoms with Crippen molar-refractivity contribution in [2.24, 2.45) is 4.40 Å². The number of nitrogens with zero attached hydrogens (tertiary/aromatic N) is 1. The SMILES string of the molecule is CC(C)c1ccc(NC(=O)CCC2=NS(=O)(=O)c3ccccc3N2)cc1. The lowest BCUT2D eigenvalue weighted by molar-refractivity contribution is -0.116. The fraction of sp³-hybridized carbons (Fsp3) is 0.263. The Morgan fingerprint density at radius 1 is 1.12 bits per heavy atom. The van der Waals surface area contributed by atoms with Gasteiger partial charge in [-0.1, -0.05) is 38.1 Å². The van der Waals surface area contributed by atoms with Gasteiger partial charge in [0.1, 0.15) is 10.7 Å². The minimum atomic E-state index is -3.72. The predicted octanol–water partition coefficient (Wildman–Crippen LogP) is 3.74. The minimum Gasteiger partial charge on any atom is -0.342 e. The fourth-order valence-corrected chi connectivity index (χ4v) is 3.86. The first-order valence-corrected chi connectivity index (χ1v) is 9.89. The largest absolute Gasteiger partial charge is 0.342 e. The van der Waals surface area contributed by atoms with Gasteiger partial charge in [-0.2, -0.15) is 8.42 Å².